The molecule has 1 aliphatic heterocycles. The molecule has 0 aliphatic carbocycles. The number of aliphatic imine (C=N–C) groups is 1. The summed E-state index contributed by atoms with van der Waals surface area (Å²) in [6, 6.07) is 9.51. The van der Waals surface area contributed by atoms with Crippen LogP contribution in [0.3, 0.4) is 0 Å². The lowest BCUT2D eigenvalue weighted by Crippen LogP contribution is -2.56. The number of hydrogen-bond acceptors (Lipinski definition) is 5. The number of nitriles is 1. The van der Waals surface area contributed by atoms with Crippen molar-refractivity contribution in [2.24, 2.45) is 16.8 Å². The average molecular weight is 482 g/mol. The Balaban J connectivity index is 2.18. The van der Waals surface area contributed by atoms with Gasteiger partial charge in [0.2, 0.25) is 5.91 Å². The number of nitrogens with one attached hydrogen (secondary N) is 2. The highest BCUT2D eigenvalue weighted by molar-refractivity contribution is 6.31. The van der Waals surface area contributed by atoms with Crippen molar-refractivity contribution >= 4 is 41.5 Å². The van der Waals surface area contributed by atoms with Crippen LogP contribution in [0.1, 0.15) is 41.3 Å². The van der Waals surface area contributed by atoms with Gasteiger partial charge in [0.05, 0.1) is 29.5 Å². The van der Waals surface area contributed by atoms with E-state index in [1.165, 1.54) is 41.4 Å². The van der Waals surface area contributed by atoms with Crippen LogP contribution in [0.25, 0.3) is 0 Å². The number of nitrogens with zero attached hydrogens (tertiary/aromatic N) is 3. The van der Waals surface area contributed by atoms with Crippen LogP contribution >= 0.6 is 11.6 Å². The fourth-order valence-electron chi connectivity index (χ4n) is 4.31. The number of amides is 2. The van der Waals surface area contributed by atoms with Crippen molar-refractivity contribution in [2.45, 2.75) is 25.8 Å². The molecule has 0 saturated heterocycles. The van der Waals surface area contributed by atoms with E-state index in [-0.39, 0.29) is 22.1 Å². The zero-order chi connectivity index (χ0) is 25.0. The Labute approximate surface area is 202 Å². The third-order valence-electron chi connectivity index (χ3n) is 5.59. The lowest BCUT2D eigenvalue weighted by molar-refractivity contribution is -0.119. The minimum absolute atomic E-state index is 0.0568. The molecule has 9 heteroatoms. The predicted molar refractivity (Wildman–Crippen MR) is 130 cm³/mol. The van der Waals surface area contributed by atoms with Gasteiger partial charge in [-0.25, -0.2) is 4.39 Å². The minimum Gasteiger partial charge on any atom is -0.333 e. The average Bonchev–Trinajstić information content (AvgIpc) is 2.78. The van der Waals surface area contributed by atoms with E-state index in [1.807, 2.05) is 19.9 Å². The van der Waals surface area contributed by atoms with Gasteiger partial charge in [-0.15, -0.1) is 0 Å². The second kappa shape index (κ2) is 10.6. The van der Waals surface area contributed by atoms with Gasteiger partial charge in [0.1, 0.15) is 5.82 Å². The summed E-state index contributed by atoms with van der Waals surface area (Å²) in [6.45, 7) is 4.17. The van der Waals surface area contributed by atoms with Crippen LogP contribution in [0, 0.1) is 34.4 Å². The number of benzene rings is 2. The molecule has 7 nitrogen and oxygen atoms in total. The Hall–Kier alpha value is -3.57. The zero-order valence-electron chi connectivity index (χ0n) is 19.0. The molecule has 3 atom stereocenters. The van der Waals surface area contributed by atoms with Crippen molar-refractivity contribution in [3.63, 3.8) is 0 Å². The first-order valence-corrected chi connectivity index (χ1v) is 11.1. The fraction of sp³-hybridized carbons (Fsp3) is 0.320. The number of carbonyl (C=O) groups is 2. The summed E-state index contributed by atoms with van der Waals surface area (Å²) in [5.41, 5.74) is 1.07. The van der Waals surface area contributed by atoms with Gasteiger partial charge in [-0.2, -0.15) is 5.26 Å². The molecule has 1 unspecified atom stereocenters. The molecule has 0 fully saturated rings. The number of fused-ring (bicyclic) bond motifs is 1. The van der Waals surface area contributed by atoms with Crippen molar-refractivity contribution in [2.75, 3.05) is 18.9 Å². The van der Waals surface area contributed by atoms with E-state index in [4.69, 9.17) is 17.0 Å². The SMILES string of the molecule is CN=CC(C=N)[C@H]1[C@H](C(=O)Nc2cc(Cl)cc(C#N)c2)c2ccc(F)cc2C(=O)N1CC(C)C. The molecule has 0 saturated carbocycles. The van der Waals surface area contributed by atoms with Crippen molar-refractivity contribution < 1.29 is 14.0 Å². The van der Waals surface area contributed by atoms with E-state index in [0.29, 0.717) is 17.8 Å². The van der Waals surface area contributed by atoms with Crippen molar-refractivity contribution in [3.8, 4) is 6.07 Å². The smallest absolute Gasteiger partial charge is 0.254 e. The molecule has 176 valence electrons. The maximum Gasteiger partial charge on any atom is 0.254 e. The molecular weight excluding hydrogens is 457 g/mol. The number of halogens is 2. The summed E-state index contributed by atoms with van der Waals surface area (Å²) in [4.78, 5) is 32.7. The van der Waals surface area contributed by atoms with Crippen LogP contribution in [-0.2, 0) is 4.79 Å². The molecule has 2 N–H and O–H groups in total. The maximum atomic E-state index is 14.1. The monoisotopic (exact) mass is 481 g/mol. The highest BCUT2D eigenvalue weighted by atomic mass is 35.5. The first-order valence-electron chi connectivity index (χ1n) is 10.7. The molecule has 0 aromatic heterocycles. The third-order valence-corrected chi connectivity index (χ3v) is 5.81. The third kappa shape index (κ3) is 5.15. The molecule has 1 aliphatic rings. The lowest BCUT2D eigenvalue weighted by atomic mass is 9.76. The van der Waals surface area contributed by atoms with E-state index < -0.39 is 35.5 Å². The molecule has 34 heavy (non-hydrogen) atoms. The van der Waals surface area contributed by atoms with Gasteiger partial charge in [0, 0.05) is 42.3 Å². The van der Waals surface area contributed by atoms with Gasteiger partial charge in [0.15, 0.2) is 0 Å². The van der Waals surface area contributed by atoms with Crippen LogP contribution in [0.5, 0.6) is 0 Å². The standard InChI is InChI=1S/C25H25ClFN5O2/c1-14(2)13-32-23(16(11-29)12-30-3)22(20-5-4-18(27)9-21(20)25(32)34)24(33)31-19-7-15(10-28)6-17(26)8-19/h4-9,11-12,14,16,22-23,29H,13H2,1-3H3,(H,31,33)/t16?,22-,23+/m1/s1. The Kier molecular flexibility index (Phi) is 7.79. The van der Waals surface area contributed by atoms with E-state index in [0.717, 1.165) is 12.3 Å². The Morgan fingerprint density at radius 2 is 2.09 bits per heavy atom. The first kappa shape index (κ1) is 25.1. The van der Waals surface area contributed by atoms with Crippen molar-refractivity contribution in [1.29, 1.82) is 10.7 Å². The Morgan fingerprint density at radius 1 is 1.35 bits per heavy atom. The number of anilines is 1. The van der Waals surface area contributed by atoms with Gasteiger partial charge < -0.3 is 20.6 Å². The van der Waals surface area contributed by atoms with Crippen molar-refractivity contribution in [3.05, 3.63) is 63.9 Å². The maximum absolute atomic E-state index is 14.1. The highest BCUT2D eigenvalue weighted by Crippen LogP contribution is 2.38. The van der Waals surface area contributed by atoms with E-state index >= 15 is 0 Å². The Morgan fingerprint density at radius 3 is 2.71 bits per heavy atom. The predicted octanol–water partition coefficient (Wildman–Crippen LogP) is 4.52. The van der Waals surface area contributed by atoms with Gasteiger partial charge >= 0.3 is 0 Å². The van der Waals surface area contributed by atoms with Crippen LogP contribution in [-0.4, -0.2) is 48.8 Å². The molecular formula is C25H25ClFN5O2. The van der Waals surface area contributed by atoms with Crippen molar-refractivity contribution in [1.82, 2.24) is 4.90 Å². The number of rotatable bonds is 7. The van der Waals surface area contributed by atoms with Crippen LogP contribution in [0.4, 0.5) is 10.1 Å². The summed E-state index contributed by atoms with van der Waals surface area (Å²) in [5, 5.41) is 20.3. The second-order valence-electron chi connectivity index (χ2n) is 8.53. The van der Waals surface area contributed by atoms with Gasteiger partial charge in [0.25, 0.3) is 5.91 Å². The lowest BCUT2D eigenvalue weighted by Gasteiger charge is -2.44. The van der Waals surface area contributed by atoms with Gasteiger partial charge in [-0.1, -0.05) is 31.5 Å². The molecule has 0 bridgehead atoms. The minimum atomic E-state index is -0.929. The quantitative estimate of drug-likeness (QED) is 0.567. The topological polar surface area (TPSA) is 109 Å². The van der Waals surface area contributed by atoms with E-state index in [2.05, 4.69) is 10.3 Å². The van der Waals surface area contributed by atoms with E-state index in [9.17, 15) is 19.2 Å². The molecule has 0 radical (unpaired) electrons. The first-order chi connectivity index (χ1) is 16.2. The molecule has 1 heterocycles. The molecule has 2 aromatic rings. The van der Waals surface area contributed by atoms with Gasteiger partial charge in [-0.3, -0.25) is 9.59 Å². The molecule has 2 aromatic carbocycles. The fourth-order valence-corrected chi connectivity index (χ4v) is 4.55. The Bertz CT molecular complexity index is 1190. The summed E-state index contributed by atoms with van der Waals surface area (Å²) in [7, 11) is 1.56. The van der Waals surface area contributed by atoms with E-state index in [1.54, 1.807) is 7.05 Å². The summed E-state index contributed by atoms with van der Waals surface area (Å²) in [6.07, 6.45) is 2.68. The summed E-state index contributed by atoms with van der Waals surface area (Å²) >= 11 is 6.09. The highest BCUT2D eigenvalue weighted by Gasteiger charge is 2.46. The van der Waals surface area contributed by atoms with Crippen LogP contribution in [0.15, 0.2) is 41.4 Å². The summed E-state index contributed by atoms with van der Waals surface area (Å²) < 4.78 is 14.1. The second-order valence-corrected chi connectivity index (χ2v) is 8.97. The molecule has 0 spiro atoms. The molecule has 3 rings (SSSR count). The zero-order valence-corrected chi connectivity index (χ0v) is 19.8. The number of carbonyl (C=O) groups excluding carboxylic acids is 2. The van der Waals surface area contributed by atoms with Gasteiger partial charge in [-0.05, 0) is 41.8 Å². The molecule has 2 amide bonds. The van der Waals surface area contributed by atoms with Crippen LogP contribution < -0.4 is 5.32 Å². The number of hydrogen-bond donors (Lipinski definition) is 2. The van der Waals surface area contributed by atoms with Crippen LogP contribution in [0.2, 0.25) is 5.02 Å². The summed E-state index contributed by atoms with van der Waals surface area (Å²) in [5.74, 6) is -2.98. The largest absolute Gasteiger partial charge is 0.333 e. The normalized spacial score (nSPS) is 18.5.